The highest BCUT2D eigenvalue weighted by molar-refractivity contribution is 5.99. The van der Waals surface area contributed by atoms with E-state index in [1.807, 2.05) is 48.5 Å². The zero-order valence-corrected chi connectivity index (χ0v) is 22.9. The van der Waals surface area contributed by atoms with Crippen molar-refractivity contribution in [3.8, 4) is 16.9 Å². The van der Waals surface area contributed by atoms with Crippen LogP contribution in [-0.4, -0.2) is 23.7 Å². The molecule has 2 unspecified atom stereocenters. The highest BCUT2D eigenvalue weighted by Gasteiger charge is 2.47. The number of benzene rings is 3. The number of nitrogens with zero attached hydrogens (tertiary/aromatic N) is 1. The highest BCUT2D eigenvalue weighted by Crippen LogP contribution is 2.52. The van der Waals surface area contributed by atoms with Gasteiger partial charge in [-0.25, -0.2) is 4.39 Å². The number of amides is 1. The molecule has 1 N–H and O–H groups in total. The quantitative estimate of drug-likeness (QED) is 0.241. The Morgan fingerprint density at radius 2 is 1.78 bits per heavy atom. The summed E-state index contributed by atoms with van der Waals surface area (Å²) in [7, 11) is 1.61. The third kappa shape index (κ3) is 4.71. The summed E-state index contributed by atoms with van der Waals surface area (Å²) in [6, 6.07) is 24.1. The second-order valence-electron chi connectivity index (χ2n) is 11.6. The average molecular weight is 547 g/mol. The van der Waals surface area contributed by atoms with Crippen molar-refractivity contribution in [1.82, 2.24) is 10.3 Å². The summed E-state index contributed by atoms with van der Waals surface area (Å²) in [6.45, 7) is 0. The molecule has 0 spiro atoms. The number of carbonyl (C=O) groups excluding carboxylic acids is 2. The molecule has 0 saturated heterocycles. The molecule has 0 bridgehead atoms. The molecule has 3 aromatic carbocycles. The highest BCUT2D eigenvalue weighted by atomic mass is 19.1. The van der Waals surface area contributed by atoms with E-state index in [-0.39, 0.29) is 22.9 Å². The Bertz CT molecular complexity index is 1640. The van der Waals surface area contributed by atoms with Crippen LogP contribution < -0.4 is 10.1 Å². The molecular weight excluding hydrogens is 515 g/mol. The fourth-order valence-electron chi connectivity index (χ4n) is 6.27. The molecule has 2 aliphatic carbocycles. The Hall–Kier alpha value is -4.32. The van der Waals surface area contributed by atoms with Crippen LogP contribution in [0.25, 0.3) is 11.1 Å². The number of fused-ring (bicyclic) bond motifs is 1. The maximum Gasteiger partial charge on any atom is 0.231 e. The maximum atomic E-state index is 13.6. The van der Waals surface area contributed by atoms with Crippen molar-refractivity contribution >= 4 is 11.7 Å². The molecule has 41 heavy (non-hydrogen) atoms. The van der Waals surface area contributed by atoms with Gasteiger partial charge in [-0.1, -0.05) is 36.4 Å². The fourth-order valence-corrected chi connectivity index (χ4v) is 6.27. The number of pyridine rings is 1. The molecule has 2 fully saturated rings. The molecule has 206 valence electrons. The lowest BCUT2D eigenvalue weighted by molar-refractivity contribution is -0.123. The average Bonchev–Trinajstić information content (AvgIpc) is 3.95. The van der Waals surface area contributed by atoms with Crippen molar-refractivity contribution in [2.75, 3.05) is 7.05 Å². The SMILES string of the molecule is CNC(=O)C1c2cc(-c3cc(C(=O)CC4(c5ccccn5)CC4)ccc3C3CC3)ccc2OC1c1ccc(F)cc1. The lowest BCUT2D eigenvalue weighted by Gasteiger charge is -2.18. The van der Waals surface area contributed by atoms with Gasteiger partial charge in [-0.05, 0) is 96.3 Å². The molecule has 1 aromatic heterocycles. The van der Waals surface area contributed by atoms with Crippen molar-refractivity contribution in [3.05, 3.63) is 119 Å². The molecule has 2 saturated carbocycles. The minimum absolute atomic E-state index is 0.126. The van der Waals surface area contributed by atoms with Gasteiger partial charge in [0, 0.05) is 41.9 Å². The summed E-state index contributed by atoms with van der Waals surface area (Å²) >= 11 is 0. The van der Waals surface area contributed by atoms with Gasteiger partial charge in [-0.3, -0.25) is 14.6 Å². The molecule has 4 aromatic rings. The van der Waals surface area contributed by atoms with Crippen LogP contribution in [0.3, 0.4) is 0 Å². The Labute approximate surface area is 238 Å². The topological polar surface area (TPSA) is 68.3 Å². The Morgan fingerprint density at radius 1 is 0.976 bits per heavy atom. The van der Waals surface area contributed by atoms with E-state index in [1.165, 1.54) is 17.7 Å². The largest absolute Gasteiger partial charge is 0.484 e. The number of halogens is 1. The first-order valence-electron chi connectivity index (χ1n) is 14.3. The van der Waals surface area contributed by atoms with E-state index < -0.39 is 12.0 Å². The third-order valence-electron chi connectivity index (χ3n) is 8.89. The fraction of sp³-hybridized carbons (Fsp3) is 0.286. The van der Waals surface area contributed by atoms with Crippen LogP contribution in [0.2, 0.25) is 0 Å². The molecule has 5 nitrogen and oxygen atoms in total. The number of nitrogens with one attached hydrogen (secondary N) is 1. The summed E-state index contributed by atoms with van der Waals surface area (Å²) in [5.74, 6) is 0.165. The molecule has 1 aliphatic heterocycles. The molecule has 2 heterocycles. The number of hydrogen-bond donors (Lipinski definition) is 1. The summed E-state index contributed by atoms with van der Waals surface area (Å²) in [4.78, 5) is 31.3. The van der Waals surface area contributed by atoms with E-state index in [4.69, 9.17) is 4.74 Å². The second-order valence-corrected chi connectivity index (χ2v) is 11.6. The number of ketones is 1. The predicted molar refractivity (Wildman–Crippen MR) is 155 cm³/mol. The molecular formula is C35H31FN2O3. The van der Waals surface area contributed by atoms with Gasteiger partial charge in [0.2, 0.25) is 5.91 Å². The van der Waals surface area contributed by atoms with Gasteiger partial charge in [0.1, 0.15) is 23.6 Å². The van der Waals surface area contributed by atoms with Crippen LogP contribution in [0, 0.1) is 5.82 Å². The summed E-state index contributed by atoms with van der Waals surface area (Å²) in [6.07, 6.45) is 5.90. The van der Waals surface area contributed by atoms with E-state index in [1.54, 1.807) is 25.4 Å². The zero-order valence-electron chi connectivity index (χ0n) is 22.9. The van der Waals surface area contributed by atoms with Gasteiger partial charge >= 0.3 is 0 Å². The second kappa shape index (κ2) is 9.95. The van der Waals surface area contributed by atoms with Gasteiger partial charge < -0.3 is 10.1 Å². The monoisotopic (exact) mass is 546 g/mol. The third-order valence-corrected chi connectivity index (χ3v) is 8.89. The van der Waals surface area contributed by atoms with E-state index in [9.17, 15) is 14.0 Å². The molecule has 0 radical (unpaired) electrons. The number of carbonyl (C=O) groups is 2. The Morgan fingerprint density at radius 3 is 2.46 bits per heavy atom. The van der Waals surface area contributed by atoms with Crippen LogP contribution in [0.15, 0.2) is 85.1 Å². The van der Waals surface area contributed by atoms with Crippen LogP contribution in [0.5, 0.6) is 5.75 Å². The van der Waals surface area contributed by atoms with Crippen LogP contribution in [-0.2, 0) is 10.2 Å². The van der Waals surface area contributed by atoms with Gasteiger partial charge in [0.25, 0.3) is 0 Å². The molecule has 3 aliphatic rings. The number of hydrogen-bond acceptors (Lipinski definition) is 4. The van der Waals surface area contributed by atoms with Gasteiger partial charge in [0.15, 0.2) is 5.78 Å². The first kappa shape index (κ1) is 25.6. The van der Waals surface area contributed by atoms with Gasteiger partial charge in [0.05, 0.1) is 0 Å². The van der Waals surface area contributed by atoms with E-state index >= 15 is 0 Å². The lowest BCUT2D eigenvalue weighted by Crippen LogP contribution is -2.28. The lowest BCUT2D eigenvalue weighted by atomic mass is 9.86. The smallest absolute Gasteiger partial charge is 0.231 e. The van der Waals surface area contributed by atoms with Crippen LogP contribution in [0.4, 0.5) is 4.39 Å². The minimum atomic E-state index is -0.581. The Balaban J connectivity index is 1.24. The molecule has 6 heteroatoms. The Kier molecular flexibility index (Phi) is 6.22. The summed E-state index contributed by atoms with van der Waals surface area (Å²) in [5, 5.41) is 2.78. The van der Waals surface area contributed by atoms with Crippen molar-refractivity contribution in [1.29, 1.82) is 0 Å². The minimum Gasteiger partial charge on any atom is -0.484 e. The first-order chi connectivity index (χ1) is 20.0. The van der Waals surface area contributed by atoms with Crippen molar-refractivity contribution < 1.29 is 18.7 Å². The van der Waals surface area contributed by atoms with E-state index in [2.05, 4.69) is 16.4 Å². The first-order valence-corrected chi connectivity index (χ1v) is 14.3. The molecule has 2 atom stereocenters. The number of Topliss-reactive ketones (excluding diaryl/α,β-unsaturated/α-hetero) is 1. The van der Waals surface area contributed by atoms with Crippen LogP contribution >= 0.6 is 0 Å². The predicted octanol–water partition coefficient (Wildman–Crippen LogP) is 7.03. The van der Waals surface area contributed by atoms with Crippen molar-refractivity contribution in [2.24, 2.45) is 0 Å². The summed E-state index contributed by atoms with van der Waals surface area (Å²) in [5.41, 5.74) is 6.31. The number of ether oxygens (including phenoxy) is 1. The zero-order chi connectivity index (χ0) is 28.1. The van der Waals surface area contributed by atoms with Crippen molar-refractivity contribution in [3.63, 3.8) is 0 Å². The van der Waals surface area contributed by atoms with Gasteiger partial charge in [-0.15, -0.1) is 0 Å². The van der Waals surface area contributed by atoms with Gasteiger partial charge in [-0.2, -0.15) is 0 Å². The van der Waals surface area contributed by atoms with E-state index in [0.29, 0.717) is 23.7 Å². The molecule has 1 amide bonds. The van der Waals surface area contributed by atoms with Crippen molar-refractivity contribution in [2.45, 2.75) is 55.5 Å². The standard InChI is InChI=1S/C35H31FN2O3/c1-37-34(40)32-28-18-23(10-14-30(28)41-33(32)22-7-11-25(36)12-8-22)27-19-24(9-13-26(27)21-5-6-21)29(39)20-35(15-16-35)31-4-2-3-17-38-31/h2-4,7-14,17-19,21,32-33H,5-6,15-16,20H2,1H3,(H,37,40). The number of rotatable bonds is 8. The normalized spacial score (nSPS) is 20.1. The summed E-state index contributed by atoms with van der Waals surface area (Å²) < 4.78 is 19.9. The molecule has 7 rings (SSSR count). The number of aromatic nitrogens is 1. The number of likely N-dealkylation sites (N-methyl/N-ethyl adjacent to an activating group) is 1. The maximum absolute atomic E-state index is 13.6. The van der Waals surface area contributed by atoms with Crippen LogP contribution in [0.1, 0.15) is 82.8 Å². The van der Waals surface area contributed by atoms with E-state index in [0.717, 1.165) is 53.6 Å².